The predicted molar refractivity (Wildman–Crippen MR) is 78.0 cm³/mol. The molecule has 2 N–H and O–H groups in total. The van der Waals surface area contributed by atoms with Gasteiger partial charge in [-0.15, -0.1) is 0 Å². The molecule has 2 aromatic rings. The Bertz CT molecular complexity index is 601. The second-order valence-electron chi connectivity index (χ2n) is 5.76. The van der Waals surface area contributed by atoms with Crippen LogP contribution in [0, 0.1) is 12.8 Å². The lowest BCUT2D eigenvalue weighted by atomic mass is 9.99. The number of nitrogens with two attached hydrogens (primary N) is 1. The van der Waals surface area contributed by atoms with Gasteiger partial charge in [0, 0.05) is 19.6 Å². The van der Waals surface area contributed by atoms with Crippen molar-refractivity contribution in [2.45, 2.75) is 19.4 Å². The number of rotatable bonds is 2. The van der Waals surface area contributed by atoms with Crippen LogP contribution in [-0.4, -0.2) is 34.6 Å². The number of nitrogens with zero attached hydrogens (tertiary/aromatic N) is 3. The Morgan fingerprint density at radius 1 is 1.37 bits per heavy atom. The monoisotopic (exact) mass is 258 g/mol. The number of imidazole rings is 1. The summed E-state index contributed by atoms with van der Waals surface area (Å²) in [7, 11) is 4.27. The third-order valence-electron chi connectivity index (χ3n) is 4.48. The second kappa shape index (κ2) is 4.62. The van der Waals surface area contributed by atoms with Gasteiger partial charge in [0.25, 0.3) is 0 Å². The quantitative estimate of drug-likeness (QED) is 0.894. The molecular formula is C15H22N4. The summed E-state index contributed by atoms with van der Waals surface area (Å²) in [6.07, 6.45) is 1.16. The van der Waals surface area contributed by atoms with E-state index in [1.807, 2.05) is 6.92 Å². The molecule has 1 aromatic carbocycles. The van der Waals surface area contributed by atoms with Gasteiger partial charge in [0.05, 0.1) is 11.0 Å². The maximum atomic E-state index is 5.81. The molecule has 0 aliphatic carbocycles. The normalized spacial score (nSPS) is 24.4. The molecule has 1 saturated heterocycles. The Hall–Kier alpha value is -1.39. The first-order chi connectivity index (χ1) is 9.10. The number of aromatic nitrogens is 2. The summed E-state index contributed by atoms with van der Waals surface area (Å²) in [6.45, 7) is 3.93. The first-order valence-electron chi connectivity index (χ1n) is 6.93. The van der Waals surface area contributed by atoms with Crippen LogP contribution in [0.5, 0.6) is 0 Å². The summed E-state index contributed by atoms with van der Waals surface area (Å²) >= 11 is 0. The van der Waals surface area contributed by atoms with E-state index in [-0.39, 0.29) is 0 Å². The van der Waals surface area contributed by atoms with Crippen molar-refractivity contribution in [2.24, 2.45) is 18.7 Å². The third-order valence-corrected chi connectivity index (χ3v) is 4.48. The SMILES string of the molecule is Cc1nc2ccc(C3CC(CN)CN3C)cc2n1C. The fourth-order valence-corrected chi connectivity index (χ4v) is 3.20. The Morgan fingerprint density at radius 2 is 2.16 bits per heavy atom. The van der Waals surface area contributed by atoms with E-state index in [0.717, 1.165) is 30.9 Å². The van der Waals surface area contributed by atoms with Gasteiger partial charge >= 0.3 is 0 Å². The van der Waals surface area contributed by atoms with E-state index in [9.17, 15) is 0 Å². The van der Waals surface area contributed by atoms with E-state index < -0.39 is 0 Å². The Kier molecular flexibility index (Phi) is 3.07. The first-order valence-corrected chi connectivity index (χ1v) is 6.93. The Labute approximate surface area is 114 Å². The minimum atomic E-state index is 0.494. The van der Waals surface area contributed by atoms with Crippen molar-refractivity contribution in [2.75, 3.05) is 20.1 Å². The van der Waals surface area contributed by atoms with Gasteiger partial charge in [0.15, 0.2) is 0 Å². The average molecular weight is 258 g/mol. The standard InChI is InChI=1S/C15H22N4/c1-10-17-13-5-4-12(7-15(13)19(10)3)14-6-11(8-16)9-18(14)2/h4-5,7,11,14H,6,8-9,16H2,1-3H3. The van der Waals surface area contributed by atoms with Crippen LogP contribution in [0.2, 0.25) is 0 Å². The fourth-order valence-electron chi connectivity index (χ4n) is 3.20. The van der Waals surface area contributed by atoms with Crippen molar-refractivity contribution in [1.29, 1.82) is 0 Å². The summed E-state index contributed by atoms with van der Waals surface area (Å²) in [5.41, 5.74) is 9.50. The largest absolute Gasteiger partial charge is 0.331 e. The highest BCUT2D eigenvalue weighted by Gasteiger charge is 2.29. The van der Waals surface area contributed by atoms with E-state index in [1.54, 1.807) is 0 Å². The lowest BCUT2D eigenvalue weighted by Gasteiger charge is -2.19. The molecule has 2 atom stereocenters. The van der Waals surface area contributed by atoms with E-state index >= 15 is 0 Å². The molecule has 19 heavy (non-hydrogen) atoms. The van der Waals surface area contributed by atoms with Crippen LogP contribution in [0.25, 0.3) is 11.0 Å². The highest BCUT2D eigenvalue weighted by Crippen LogP contribution is 2.34. The molecule has 3 rings (SSSR count). The molecule has 0 radical (unpaired) electrons. The predicted octanol–water partition coefficient (Wildman–Crippen LogP) is 1.83. The number of fused-ring (bicyclic) bond motifs is 1. The molecule has 0 amide bonds. The molecule has 2 heterocycles. The highest BCUT2D eigenvalue weighted by molar-refractivity contribution is 5.77. The highest BCUT2D eigenvalue weighted by atomic mass is 15.2. The topological polar surface area (TPSA) is 47.1 Å². The maximum absolute atomic E-state index is 5.81. The molecule has 0 spiro atoms. The van der Waals surface area contributed by atoms with Crippen molar-refractivity contribution in [3.63, 3.8) is 0 Å². The molecule has 0 saturated carbocycles. The van der Waals surface area contributed by atoms with E-state index in [0.29, 0.717) is 12.0 Å². The van der Waals surface area contributed by atoms with Gasteiger partial charge in [0.2, 0.25) is 0 Å². The smallest absolute Gasteiger partial charge is 0.106 e. The van der Waals surface area contributed by atoms with Crippen LogP contribution >= 0.6 is 0 Å². The van der Waals surface area contributed by atoms with Crippen molar-refractivity contribution in [3.8, 4) is 0 Å². The van der Waals surface area contributed by atoms with Crippen LogP contribution < -0.4 is 5.73 Å². The number of benzene rings is 1. The van der Waals surface area contributed by atoms with E-state index in [2.05, 4.69) is 46.7 Å². The average Bonchev–Trinajstić information content (AvgIpc) is 2.91. The Balaban J connectivity index is 1.99. The molecule has 2 unspecified atom stereocenters. The zero-order chi connectivity index (χ0) is 13.6. The van der Waals surface area contributed by atoms with Crippen molar-refractivity contribution < 1.29 is 0 Å². The lowest BCUT2D eigenvalue weighted by Crippen LogP contribution is -2.20. The van der Waals surface area contributed by atoms with Gasteiger partial charge in [-0.2, -0.15) is 0 Å². The molecule has 102 valence electrons. The van der Waals surface area contributed by atoms with Crippen LogP contribution in [0.1, 0.15) is 23.9 Å². The molecule has 4 heteroatoms. The molecular weight excluding hydrogens is 236 g/mol. The summed E-state index contributed by atoms with van der Waals surface area (Å²) in [5, 5.41) is 0. The summed E-state index contributed by atoms with van der Waals surface area (Å²) in [5.74, 6) is 1.69. The number of aryl methyl sites for hydroxylation is 2. The van der Waals surface area contributed by atoms with Gasteiger partial charge in [-0.05, 0) is 50.6 Å². The number of likely N-dealkylation sites (tertiary alicyclic amines) is 1. The van der Waals surface area contributed by atoms with Crippen molar-refractivity contribution in [1.82, 2.24) is 14.5 Å². The summed E-state index contributed by atoms with van der Waals surface area (Å²) in [6, 6.07) is 7.14. The van der Waals surface area contributed by atoms with Gasteiger partial charge in [-0.1, -0.05) is 6.07 Å². The summed E-state index contributed by atoms with van der Waals surface area (Å²) < 4.78 is 2.16. The van der Waals surface area contributed by atoms with Crippen LogP contribution in [-0.2, 0) is 7.05 Å². The molecule has 1 aliphatic rings. The van der Waals surface area contributed by atoms with Crippen LogP contribution in [0.3, 0.4) is 0 Å². The summed E-state index contributed by atoms with van der Waals surface area (Å²) in [4.78, 5) is 6.98. The maximum Gasteiger partial charge on any atom is 0.106 e. The van der Waals surface area contributed by atoms with Crippen LogP contribution in [0.4, 0.5) is 0 Å². The fraction of sp³-hybridized carbons (Fsp3) is 0.533. The van der Waals surface area contributed by atoms with E-state index in [1.165, 1.54) is 11.1 Å². The minimum Gasteiger partial charge on any atom is -0.331 e. The molecule has 1 aliphatic heterocycles. The number of hydrogen-bond acceptors (Lipinski definition) is 3. The lowest BCUT2D eigenvalue weighted by molar-refractivity contribution is 0.314. The molecule has 1 fully saturated rings. The van der Waals surface area contributed by atoms with Gasteiger partial charge in [0.1, 0.15) is 5.82 Å². The zero-order valence-electron chi connectivity index (χ0n) is 11.9. The van der Waals surface area contributed by atoms with Crippen LogP contribution in [0.15, 0.2) is 18.2 Å². The van der Waals surface area contributed by atoms with Gasteiger partial charge in [-0.3, -0.25) is 4.90 Å². The van der Waals surface area contributed by atoms with Crippen molar-refractivity contribution in [3.05, 3.63) is 29.6 Å². The minimum absolute atomic E-state index is 0.494. The number of hydrogen-bond donors (Lipinski definition) is 1. The molecule has 4 nitrogen and oxygen atoms in total. The van der Waals surface area contributed by atoms with Gasteiger partial charge < -0.3 is 10.3 Å². The molecule has 1 aromatic heterocycles. The first kappa shape index (κ1) is 12.6. The van der Waals surface area contributed by atoms with E-state index in [4.69, 9.17) is 5.73 Å². The van der Waals surface area contributed by atoms with Gasteiger partial charge in [-0.25, -0.2) is 4.98 Å². The molecule has 0 bridgehead atoms. The third kappa shape index (κ3) is 2.05. The Morgan fingerprint density at radius 3 is 2.84 bits per heavy atom. The zero-order valence-corrected chi connectivity index (χ0v) is 11.9. The van der Waals surface area contributed by atoms with Crippen molar-refractivity contribution >= 4 is 11.0 Å². The second-order valence-corrected chi connectivity index (χ2v) is 5.76.